The van der Waals surface area contributed by atoms with Gasteiger partial charge in [-0.1, -0.05) is 32.1 Å². The molecule has 0 radical (unpaired) electrons. The molecule has 1 aromatic rings. The van der Waals surface area contributed by atoms with Gasteiger partial charge in [-0.25, -0.2) is 0 Å². The number of carboxylic acids is 1. The van der Waals surface area contributed by atoms with Gasteiger partial charge < -0.3 is 9.84 Å². The van der Waals surface area contributed by atoms with Crippen molar-refractivity contribution in [3.05, 3.63) is 34.9 Å². The highest BCUT2D eigenvalue weighted by Crippen LogP contribution is 2.25. The fourth-order valence-electron chi connectivity index (χ4n) is 1.66. The van der Waals surface area contributed by atoms with Crippen LogP contribution >= 0.6 is 0 Å². The molecule has 0 heterocycles. The van der Waals surface area contributed by atoms with Crippen molar-refractivity contribution in [2.75, 3.05) is 7.11 Å². The SMILES string of the molecule is C/C=C/c1cc(C)c(CC(=O)O)c(OC)c1.CC. The molecular weight excluding hydrogens is 228 g/mol. The molecule has 0 aromatic heterocycles. The van der Waals surface area contributed by atoms with Crippen LogP contribution in [0.1, 0.15) is 37.5 Å². The third-order valence-corrected chi connectivity index (χ3v) is 2.36. The zero-order valence-corrected chi connectivity index (χ0v) is 11.8. The van der Waals surface area contributed by atoms with Gasteiger partial charge >= 0.3 is 5.97 Å². The summed E-state index contributed by atoms with van der Waals surface area (Å²) >= 11 is 0. The summed E-state index contributed by atoms with van der Waals surface area (Å²) in [5, 5.41) is 8.81. The van der Waals surface area contributed by atoms with Crippen LogP contribution in [-0.4, -0.2) is 18.2 Å². The Kier molecular flexibility index (Phi) is 7.52. The predicted octanol–water partition coefficient (Wildman–Crippen LogP) is 3.69. The summed E-state index contributed by atoms with van der Waals surface area (Å²) in [5.41, 5.74) is 2.70. The fraction of sp³-hybridized carbons (Fsp3) is 0.400. The normalized spacial score (nSPS) is 9.83. The van der Waals surface area contributed by atoms with E-state index in [2.05, 4.69) is 0 Å². The number of ether oxygens (including phenoxy) is 1. The first-order valence-corrected chi connectivity index (χ1v) is 6.10. The average Bonchev–Trinajstić information content (AvgIpc) is 2.34. The summed E-state index contributed by atoms with van der Waals surface area (Å²) < 4.78 is 5.22. The van der Waals surface area contributed by atoms with Crippen molar-refractivity contribution in [3.8, 4) is 5.75 Å². The fourth-order valence-corrected chi connectivity index (χ4v) is 1.66. The molecule has 1 N–H and O–H groups in total. The lowest BCUT2D eigenvalue weighted by atomic mass is 10.0. The van der Waals surface area contributed by atoms with Crippen molar-refractivity contribution < 1.29 is 14.6 Å². The van der Waals surface area contributed by atoms with E-state index in [1.54, 1.807) is 7.11 Å². The first kappa shape index (κ1) is 16.2. The van der Waals surface area contributed by atoms with Crippen LogP contribution in [0.4, 0.5) is 0 Å². The molecule has 100 valence electrons. The molecule has 1 rings (SSSR count). The van der Waals surface area contributed by atoms with Crippen LogP contribution in [0.25, 0.3) is 6.08 Å². The Morgan fingerprint density at radius 3 is 2.44 bits per heavy atom. The van der Waals surface area contributed by atoms with Gasteiger partial charge in [0.05, 0.1) is 13.5 Å². The number of carbonyl (C=O) groups is 1. The Bertz CT molecular complexity index is 420. The maximum Gasteiger partial charge on any atom is 0.307 e. The van der Waals surface area contributed by atoms with E-state index in [1.165, 1.54) is 0 Å². The lowest BCUT2D eigenvalue weighted by molar-refractivity contribution is -0.136. The number of methoxy groups -OCH3 is 1. The molecule has 0 saturated heterocycles. The minimum Gasteiger partial charge on any atom is -0.496 e. The highest BCUT2D eigenvalue weighted by Gasteiger charge is 2.11. The Hall–Kier alpha value is -1.77. The molecule has 0 bridgehead atoms. The summed E-state index contributed by atoms with van der Waals surface area (Å²) in [5.74, 6) is -0.212. The maximum atomic E-state index is 10.7. The van der Waals surface area contributed by atoms with Crippen LogP contribution in [0, 0.1) is 6.92 Å². The van der Waals surface area contributed by atoms with Gasteiger partial charge in [-0.2, -0.15) is 0 Å². The molecule has 0 aliphatic heterocycles. The summed E-state index contributed by atoms with van der Waals surface area (Å²) in [6.45, 7) is 7.83. The molecule has 0 saturated carbocycles. The van der Waals surface area contributed by atoms with Gasteiger partial charge in [-0.3, -0.25) is 4.79 Å². The summed E-state index contributed by atoms with van der Waals surface area (Å²) in [6.07, 6.45) is 3.89. The predicted molar refractivity (Wildman–Crippen MR) is 75.1 cm³/mol. The van der Waals surface area contributed by atoms with Crippen LogP contribution in [0.2, 0.25) is 0 Å². The van der Waals surface area contributed by atoms with Crippen LogP contribution in [-0.2, 0) is 11.2 Å². The van der Waals surface area contributed by atoms with Crippen molar-refractivity contribution in [1.82, 2.24) is 0 Å². The van der Waals surface area contributed by atoms with Crippen LogP contribution < -0.4 is 4.74 Å². The number of allylic oxidation sites excluding steroid dienone is 1. The maximum absolute atomic E-state index is 10.7. The zero-order chi connectivity index (χ0) is 14.1. The second-order valence-electron chi connectivity index (χ2n) is 3.59. The first-order valence-electron chi connectivity index (χ1n) is 6.10. The molecule has 0 atom stereocenters. The largest absolute Gasteiger partial charge is 0.496 e. The monoisotopic (exact) mass is 250 g/mol. The highest BCUT2D eigenvalue weighted by molar-refractivity contribution is 5.73. The summed E-state index contributed by atoms with van der Waals surface area (Å²) in [7, 11) is 1.56. The van der Waals surface area contributed by atoms with Gasteiger partial charge in [-0.05, 0) is 31.0 Å². The van der Waals surface area contributed by atoms with E-state index in [1.807, 2.05) is 52.0 Å². The van der Waals surface area contributed by atoms with Gasteiger partial charge in [0.1, 0.15) is 5.75 Å². The smallest absolute Gasteiger partial charge is 0.307 e. The minimum absolute atomic E-state index is 0.00880. The van der Waals surface area contributed by atoms with E-state index in [0.717, 1.165) is 16.7 Å². The van der Waals surface area contributed by atoms with E-state index in [4.69, 9.17) is 9.84 Å². The first-order chi connectivity index (χ1) is 8.58. The van der Waals surface area contributed by atoms with E-state index in [-0.39, 0.29) is 6.42 Å². The van der Waals surface area contributed by atoms with E-state index in [0.29, 0.717) is 5.75 Å². The Balaban J connectivity index is 0.00000137. The third kappa shape index (κ3) is 4.62. The summed E-state index contributed by atoms with van der Waals surface area (Å²) in [6, 6.07) is 3.81. The minimum atomic E-state index is -0.847. The molecule has 0 fully saturated rings. The Morgan fingerprint density at radius 1 is 1.39 bits per heavy atom. The molecule has 3 nitrogen and oxygen atoms in total. The molecule has 3 heteroatoms. The lowest BCUT2D eigenvalue weighted by Gasteiger charge is -2.11. The van der Waals surface area contributed by atoms with Gasteiger partial charge in [-0.15, -0.1) is 0 Å². The number of benzene rings is 1. The van der Waals surface area contributed by atoms with E-state index >= 15 is 0 Å². The van der Waals surface area contributed by atoms with Gasteiger partial charge in [0.2, 0.25) is 0 Å². The van der Waals surface area contributed by atoms with Gasteiger partial charge in [0.25, 0.3) is 0 Å². The molecular formula is C15H22O3. The number of aliphatic carboxylic acids is 1. The van der Waals surface area contributed by atoms with Crippen molar-refractivity contribution in [3.63, 3.8) is 0 Å². The number of carboxylic acid groups (broad SMARTS) is 1. The number of aryl methyl sites for hydroxylation is 1. The van der Waals surface area contributed by atoms with Crippen molar-refractivity contribution in [2.45, 2.75) is 34.1 Å². The third-order valence-electron chi connectivity index (χ3n) is 2.36. The van der Waals surface area contributed by atoms with Crippen molar-refractivity contribution >= 4 is 12.0 Å². The standard InChI is InChI=1S/C13H16O3.C2H6/c1-4-5-10-6-9(2)11(8-13(14)15)12(7-10)16-3;1-2/h4-7H,8H2,1-3H3,(H,14,15);1-2H3/b5-4+;. The molecule has 0 aliphatic rings. The summed E-state index contributed by atoms with van der Waals surface area (Å²) in [4.78, 5) is 10.7. The van der Waals surface area contributed by atoms with E-state index < -0.39 is 5.97 Å². The highest BCUT2D eigenvalue weighted by atomic mass is 16.5. The van der Waals surface area contributed by atoms with Crippen LogP contribution in [0.3, 0.4) is 0 Å². The van der Waals surface area contributed by atoms with Crippen molar-refractivity contribution in [2.24, 2.45) is 0 Å². The molecule has 0 amide bonds. The molecule has 0 unspecified atom stereocenters. The Labute approximate surface area is 109 Å². The zero-order valence-electron chi connectivity index (χ0n) is 11.8. The average molecular weight is 250 g/mol. The Morgan fingerprint density at radius 2 is 2.00 bits per heavy atom. The van der Waals surface area contributed by atoms with E-state index in [9.17, 15) is 4.79 Å². The van der Waals surface area contributed by atoms with Gasteiger partial charge in [0, 0.05) is 5.56 Å². The molecule has 0 aliphatic carbocycles. The van der Waals surface area contributed by atoms with Gasteiger partial charge in [0.15, 0.2) is 0 Å². The second-order valence-corrected chi connectivity index (χ2v) is 3.59. The second kappa shape index (κ2) is 8.34. The molecule has 0 spiro atoms. The molecule has 18 heavy (non-hydrogen) atoms. The quantitative estimate of drug-likeness (QED) is 0.886. The molecule has 1 aromatic carbocycles. The number of hydrogen-bond donors (Lipinski definition) is 1. The van der Waals surface area contributed by atoms with Crippen molar-refractivity contribution in [1.29, 1.82) is 0 Å². The van der Waals surface area contributed by atoms with Crippen LogP contribution in [0.15, 0.2) is 18.2 Å². The topological polar surface area (TPSA) is 46.5 Å². The van der Waals surface area contributed by atoms with Crippen LogP contribution in [0.5, 0.6) is 5.75 Å². The number of hydrogen-bond acceptors (Lipinski definition) is 2. The number of rotatable bonds is 4. The lowest BCUT2D eigenvalue weighted by Crippen LogP contribution is -2.04.